The van der Waals surface area contributed by atoms with Gasteiger partial charge in [0.1, 0.15) is 19.3 Å². The molecule has 0 rings (SSSR count). The molecule has 17 nitrogen and oxygen atoms in total. The number of aliphatic hydroxyl groups excluding tert-OH is 1. The first kappa shape index (κ1) is 88.1. The first-order chi connectivity index (χ1) is 43.7. The topological polar surface area (TPSA) is 237 Å². The summed E-state index contributed by atoms with van der Waals surface area (Å²) in [4.78, 5) is 72.4. The molecule has 534 valence electrons. The first-order valence-corrected chi connectivity index (χ1v) is 40.3. The molecule has 19 heteroatoms. The van der Waals surface area contributed by atoms with Crippen molar-refractivity contribution in [2.45, 2.75) is 393 Å². The molecule has 0 spiro atoms. The van der Waals surface area contributed by atoms with Crippen molar-refractivity contribution in [3.63, 3.8) is 0 Å². The number of rotatable bonds is 72. The van der Waals surface area contributed by atoms with Crippen molar-refractivity contribution in [1.29, 1.82) is 0 Å². The monoisotopic (exact) mass is 1320 g/mol. The molecule has 3 N–H and O–H groups in total. The van der Waals surface area contributed by atoms with Crippen LogP contribution in [0, 0.1) is 0 Å². The second kappa shape index (κ2) is 65.7. The van der Waals surface area contributed by atoms with Gasteiger partial charge in [-0.05, 0) is 25.7 Å². The molecular formula is C71H138O17P2. The summed E-state index contributed by atoms with van der Waals surface area (Å²) >= 11 is 0. The second-order valence-corrected chi connectivity index (χ2v) is 28.5. The summed E-state index contributed by atoms with van der Waals surface area (Å²) in [6, 6.07) is 0. The molecule has 0 radical (unpaired) electrons. The van der Waals surface area contributed by atoms with E-state index in [9.17, 15) is 43.2 Å². The highest BCUT2D eigenvalue weighted by atomic mass is 31.2. The average Bonchev–Trinajstić information content (AvgIpc) is 3.72. The number of unbranched alkanes of at least 4 members (excludes halogenated alkanes) is 46. The highest BCUT2D eigenvalue weighted by Gasteiger charge is 2.30. The fraction of sp³-hybridized carbons (Fsp3) is 0.944. The van der Waals surface area contributed by atoms with Crippen LogP contribution in [0.1, 0.15) is 374 Å². The lowest BCUT2D eigenvalue weighted by Crippen LogP contribution is -2.30. The zero-order valence-electron chi connectivity index (χ0n) is 58.1. The van der Waals surface area contributed by atoms with Crippen LogP contribution >= 0.6 is 15.6 Å². The van der Waals surface area contributed by atoms with E-state index in [1.54, 1.807) is 0 Å². The van der Waals surface area contributed by atoms with Gasteiger partial charge in [-0.3, -0.25) is 37.3 Å². The molecule has 0 fully saturated rings. The summed E-state index contributed by atoms with van der Waals surface area (Å²) in [6.45, 7) is 4.91. The fourth-order valence-electron chi connectivity index (χ4n) is 10.9. The predicted octanol–water partition coefficient (Wildman–Crippen LogP) is 20.7. The van der Waals surface area contributed by atoms with Crippen molar-refractivity contribution in [1.82, 2.24) is 0 Å². The van der Waals surface area contributed by atoms with Crippen LogP contribution in [0.25, 0.3) is 0 Å². The molecule has 0 saturated heterocycles. The Morgan fingerprint density at radius 2 is 0.444 bits per heavy atom. The van der Waals surface area contributed by atoms with Crippen molar-refractivity contribution >= 4 is 39.5 Å². The SMILES string of the molecule is CCCCCCCCCCCCCCCCCCCCCCC(=O)O[C@H](COC(=O)CCCCCCCCCCCCCCC)COP(=O)(O)OC[C@@H](O)COP(=O)(O)OC[C@@H](COC(=O)CCCCCCCCCC)OC(=O)CCCCCCCCCCC. The van der Waals surface area contributed by atoms with E-state index < -0.39 is 97.5 Å². The van der Waals surface area contributed by atoms with Crippen molar-refractivity contribution < 1.29 is 80.2 Å². The van der Waals surface area contributed by atoms with Gasteiger partial charge in [0.25, 0.3) is 0 Å². The third-order valence-corrected chi connectivity index (χ3v) is 18.5. The number of carbonyl (C=O) groups excluding carboxylic acids is 4. The Kier molecular flexibility index (Phi) is 64.3. The summed E-state index contributed by atoms with van der Waals surface area (Å²) in [5.74, 6) is -2.12. The van der Waals surface area contributed by atoms with Gasteiger partial charge in [0.2, 0.25) is 0 Å². The van der Waals surface area contributed by atoms with Gasteiger partial charge in [0.15, 0.2) is 12.2 Å². The Balaban J connectivity index is 5.16. The fourth-order valence-corrected chi connectivity index (χ4v) is 12.4. The molecular weight excluding hydrogens is 1190 g/mol. The number of ether oxygens (including phenoxy) is 4. The van der Waals surface area contributed by atoms with Crippen molar-refractivity contribution in [3.8, 4) is 0 Å². The molecule has 0 bridgehead atoms. The van der Waals surface area contributed by atoms with Crippen LogP contribution in [0.15, 0.2) is 0 Å². The minimum atomic E-state index is -4.95. The van der Waals surface area contributed by atoms with Gasteiger partial charge >= 0.3 is 39.5 Å². The minimum Gasteiger partial charge on any atom is -0.462 e. The normalized spacial score (nSPS) is 14.0. The number of esters is 4. The van der Waals surface area contributed by atoms with Gasteiger partial charge in [0.05, 0.1) is 26.4 Å². The summed E-state index contributed by atoms with van der Waals surface area (Å²) in [6.07, 6.45) is 54.2. The third kappa shape index (κ3) is 64.8. The van der Waals surface area contributed by atoms with Gasteiger partial charge in [0, 0.05) is 25.7 Å². The van der Waals surface area contributed by atoms with Gasteiger partial charge in [-0.25, -0.2) is 9.13 Å². The average molecular weight is 1330 g/mol. The number of carbonyl (C=O) groups is 4. The van der Waals surface area contributed by atoms with Crippen molar-refractivity contribution in [2.24, 2.45) is 0 Å². The lowest BCUT2D eigenvalue weighted by Gasteiger charge is -2.21. The number of phosphoric ester groups is 2. The quantitative estimate of drug-likeness (QED) is 0.0222. The van der Waals surface area contributed by atoms with E-state index in [4.69, 9.17) is 37.0 Å². The minimum absolute atomic E-state index is 0.106. The van der Waals surface area contributed by atoms with Crippen LogP contribution in [0.5, 0.6) is 0 Å². The van der Waals surface area contributed by atoms with E-state index >= 15 is 0 Å². The molecule has 0 aliphatic rings. The van der Waals surface area contributed by atoms with Crippen LogP contribution < -0.4 is 0 Å². The molecule has 0 aromatic rings. The van der Waals surface area contributed by atoms with Crippen molar-refractivity contribution in [3.05, 3.63) is 0 Å². The lowest BCUT2D eigenvalue weighted by molar-refractivity contribution is -0.161. The Hall–Kier alpha value is -1.94. The van der Waals surface area contributed by atoms with E-state index in [1.807, 2.05) is 0 Å². The smallest absolute Gasteiger partial charge is 0.462 e. The summed E-state index contributed by atoms with van der Waals surface area (Å²) in [5.41, 5.74) is 0. The van der Waals surface area contributed by atoms with E-state index in [0.29, 0.717) is 25.7 Å². The largest absolute Gasteiger partial charge is 0.472 e. The van der Waals surface area contributed by atoms with Gasteiger partial charge < -0.3 is 33.8 Å². The van der Waals surface area contributed by atoms with Crippen LogP contribution in [0.2, 0.25) is 0 Å². The Labute approximate surface area is 549 Å². The van der Waals surface area contributed by atoms with Gasteiger partial charge in [-0.1, -0.05) is 323 Å². The van der Waals surface area contributed by atoms with Crippen LogP contribution in [-0.4, -0.2) is 96.7 Å². The van der Waals surface area contributed by atoms with Gasteiger partial charge in [-0.15, -0.1) is 0 Å². The molecule has 0 saturated carbocycles. The molecule has 0 amide bonds. The molecule has 0 aliphatic carbocycles. The second-order valence-electron chi connectivity index (χ2n) is 25.6. The van der Waals surface area contributed by atoms with E-state index in [1.165, 1.54) is 199 Å². The molecule has 5 atom stereocenters. The van der Waals surface area contributed by atoms with Crippen LogP contribution in [-0.2, 0) is 65.4 Å². The Morgan fingerprint density at radius 3 is 0.656 bits per heavy atom. The highest BCUT2D eigenvalue weighted by molar-refractivity contribution is 7.47. The Bertz CT molecular complexity index is 1720. The van der Waals surface area contributed by atoms with Crippen molar-refractivity contribution in [2.75, 3.05) is 39.6 Å². The number of hydrogen-bond donors (Lipinski definition) is 3. The first-order valence-electron chi connectivity index (χ1n) is 37.3. The van der Waals surface area contributed by atoms with Crippen LogP contribution in [0.3, 0.4) is 0 Å². The van der Waals surface area contributed by atoms with E-state index in [0.717, 1.165) is 96.3 Å². The molecule has 2 unspecified atom stereocenters. The Morgan fingerprint density at radius 1 is 0.267 bits per heavy atom. The maximum absolute atomic E-state index is 13.0. The highest BCUT2D eigenvalue weighted by Crippen LogP contribution is 2.45. The number of aliphatic hydroxyl groups is 1. The van der Waals surface area contributed by atoms with Gasteiger partial charge in [-0.2, -0.15) is 0 Å². The zero-order chi connectivity index (χ0) is 66.1. The standard InChI is InChI=1S/C71H138O17P2/c1-5-9-13-17-21-25-27-29-30-31-32-33-34-35-37-39-42-46-50-54-58-71(76)88-67(62-82-69(74)56-52-48-44-41-38-36-28-26-22-18-14-10-6-2)64-86-90(79,80)84-60-65(72)59-83-89(77,78)85-63-66(61-81-68(73)55-51-47-43-24-20-16-12-8-4)87-70(75)57-53-49-45-40-23-19-15-11-7-3/h65-67,72H,5-64H2,1-4H3,(H,77,78)(H,79,80)/t65-,66+,67+/m0/s1. The molecule has 0 aliphatic heterocycles. The molecule has 0 heterocycles. The third-order valence-electron chi connectivity index (χ3n) is 16.6. The number of phosphoric acid groups is 2. The van der Waals surface area contributed by atoms with E-state index in [2.05, 4.69) is 27.7 Å². The predicted molar refractivity (Wildman–Crippen MR) is 363 cm³/mol. The number of hydrogen-bond acceptors (Lipinski definition) is 15. The van der Waals surface area contributed by atoms with E-state index in [-0.39, 0.29) is 25.7 Å². The molecule has 90 heavy (non-hydrogen) atoms. The molecule has 0 aromatic heterocycles. The van der Waals surface area contributed by atoms with Crippen LogP contribution in [0.4, 0.5) is 0 Å². The lowest BCUT2D eigenvalue weighted by atomic mass is 10.0. The summed E-state index contributed by atoms with van der Waals surface area (Å²) < 4.78 is 68.2. The summed E-state index contributed by atoms with van der Waals surface area (Å²) in [5, 5.41) is 10.6. The maximum atomic E-state index is 13.0. The zero-order valence-corrected chi connectivity index (χ0v) is 59.9. The molecule has 0 aromatic carbocycles. The maximum Gasteiger partial charge on any atom is 0.472 e. The summed E-state index contributed by atoms with van der Waals surface area (Å²) in [7, 11) is -9.89.